The first-order valence-corrected chi connectivity index (χ1v) is 9.19. The van der Waals surface area contributed by atoms with Crippen molar-refractivity contribution < 1.29 is 9.53 Å². The number of carbonyl (C=O) groups is 1. The van der Waals surface area contributed by atoms with Crippen molar-refractivity contribution in [1.82, 2.24) is 9.80 Å². The molecule has 0 unspecified atom stereocenters. The molecule has 0 bridgehead atoms. The van der Waals surface area contributed by atoms with Gasteiger partial charge in [-0.15, -0.1) is 0 Å². The van der Waals surface area contributed by atoms with Crippen LogP contribution in [0, 0.1) is 5.92 Å². The normalized spacial score (nSPS) is 14.0. The van der Waals surface area contributed by atoms with E-state index in [-0.39, 0.29) is 17.9 Å². The maximum atomic E-state index is 12.6. The first kappa shape index (κ1) is 20.9. The molecular weight excluding hydrogens is 324 g/mol. The van der Waals surface area contributed by atoms with Crippen molar-refractivity contribution in [3.8, 4) is 0 Å². The fraction of sp³-hybridized carbons (Fsp3) is 0.632. The molecule has 136 valence electrons. The molecule has 0 spiro atoms. The van der Waals surface area contributed by atoms with Crippen molar-refractivity contribution >= 4 is 17.6 Å². The fourth-order valence-corrected chi connectivity index (χ4v) is 3.32. The van der Waals surface area contributed by atoms with Gasteiger partial charge in [0.15, 0.2) is 0 Å². The molecule has 1 rings (SSSR count). The Balaban J connectivity index is 3.27. The average Bonchev–Trinajstić information content (AvgIpc) is 2.62. The van der Waals surface area contributed by atoms with Crippen molar-refractivity contribution in [2.75, 3.05) is 39.8 Å². The minimum absolute atomic E-state index is 0.0229. The van der Waals surface area contributed by atoms with Gasteiger partial charge in [-0.2, -0.15) is 0 Å². The standard InChI is InChI=1S/C19H31ClN2O2/c1-6-21(7-2)14-17(19(23)24-5)18(22(8-3)9-4)15-10-12-16(20)13-11-15/h10-13,17-18H,6-9,14H2,1-5H3/t17-,18+/m0/s1. The highest BCUT2D eigenvalue weighted by molar-refractivity contribution is 6.30. The lowest BCUT2D eigenvalue weighted by Gasteiger charge is -2.37. The average molecular weight is 355 g/mol. The Hall–Kier alpha value is -1.10. The Morgan fingerprint density at radius 3 is 2.00 bits per heavy atom. The summed E-state index contributed by atoms with van der Waals surface area (Å²) in [7, 11) is 1.47. The zero-order chi connectivity index (χ0) is 18.1. The first-order chi connectivity index (χ1) is 11.5. The quantitative estimate of drug-likeness (QED) is 0.597. The van der Waals surface area contributed by atoms with E-state index in [1.165, 1.54) is 7.11 Å². The summed E-state index contributed by atoms with van der Waals surface area (Å²) in [6, 6.07) is 7.79. The number of ether oxygens (including phenoxy) is 1. The van der Waals surface area contributed by atoms with Crippen molar-refractivity contribution in [1.29, 1.82) is 0 Å². The van der Waals surface area contributed by atoms with Gasteiger partial charge in [0.2, 0.25) is 0 Å². The molecule has 0 aliphatic rings. The van der Waals surface area contributed by atoms with Crippen molar-refractivity contribution in [2.45, 2.75) is 33.7 Å². The maximum absolute atomic E-state index is 12.6. The monoisotopic (exact) mass is 354 g/mol. The molecule has 0 heterocycles. The van der Waals surface area contributed by atoms with Crippen LogP contribution in [0.25, 0.3) is 0 Å². The molecule has 1 aromatic carbocycles. The van der Waals surface area contributed by atoms with Crippen LogP contribution in [0.4, 0.5) is 0 Å². The zero-order valence-electron chi connectivity index (χ0n) is 15.6. The summed E-state index contributed by atoms with van der Waals surface area (Å²) < 4.78 is 5.15. The van der Waals surface area contributed by atoms with Crippen LogP contribution in [-0.4, -0.2) is 55.6 Å². The third kappa shape index (κ3) is 5.47. The Bertz CT molecular complexity index is 485. The number of methoxy groups -OCH3 is 1. The second-order valence-electron chi connectivity index (χ2n) is 5.83. The van der Waals surface area contributed by atoms with E-state index in [1.807, 2.05) is 24.3 Å². The van der Waals surface area contributed by atoms with E-state index >= 15 is 0 Å². The van der Waals surface area contributed by atoms with Crippen LogP contribution in [0.2, 0.25) is 5.02 Å². The first-order valence-electron chi connectivity index (χ1n) is 8.81. The molecule has 5 heteroatoms. The summed E-state index contributed by atoms with van der Waals surface area (Å²) in [6.45, 7) is 12.7. The van der Waals surface area contributed by atoms with E-state index in [1.54, 1.807) is 0 Å². The van der Waals surface area contributed by atoms with Gasteiger partial charge in [-0.25, -0.2) is 0 Å². The second-order valence-corrected chi connectivity index (χ2v) is 6.27. The van der Waals surface area contributed by atoms with Gasteiger partial charge in [0.25, 0.3) is 0 Å². The molecule has 0 saturated carbocycles. The zero-order valence-corrected chi connectivity index (χ0v) is 16.3. The SMILES string of the molecule is CCN(CC)C[C@H](C(=O)OC)[C@@H](c1ccc(Cl)cc1)N(CC)CC. The van der Waals surface area contributed by atoms with Gasteiger partial charge in [-0.3, -0.25) is 9.69 Å². The molecule has 24 heavy (non-hydrogen) atoms. The topological polar surface area (TPSA) is 32.8 Å². The van der Waals surface area contributed by atoms with Crippen LogP contribution in [0.1, 0.15) is 39.3 Å². The van der Waals surface area contributed by atoms with E-state index in [0.717, 1.165) is 31.7 Å². The van der Waals surface area contributed by atoms with E-state index in [0.29, 0.717) is 11.6 Å². The molecule has 4 nitrogen and oxygen atoms in total. The maximum Gasteiger partial charge on any atom is 0.311 e. The third-order valence-corrected chi connectivity index (χ3v) is 4.90. The van der Waals surface area contributed by atoms with Gasteiger partial charge >= 0.3 is 5.97 Å². The number of hydrogen-bond acceptors (Lipinski definition) is 4. The molecule has 0 saturated heterocycles. The van der Waals surface area contributed by atoms with Crippen molar-refractivity contribution in [3.05, 3.63) is 34.9 Å². The van der Waals surface area contributed by atoms with Gasteiger partial charge in [0.05, 0.1) is 13.0 Å². The van der Waals surface area contributed by atoms with E-state index < -0.39 is 0 Å². The van der Waals surface area contributed by atoms with Crippen molar-refractivity contribution in [3.63, 3.8) is 0 Å². The van der Waals surface area contributed by atoms with Gasteiger partial charge in [-0.1, -0.05) is 51.4 Å². The second kappa shape index (κ2) is 10.7. The highest BCUT2D eigenvalue weighted by Gasteiger charge is 2.34. The number of esters is 1. The number of hydrogen-bond donors (Lipinski definition) is 0. The summed E-state index contributed by atoms with van der Waals surface area (Å²) in [5, 5.41) is 0.704. The fourth-order valence-electron chi connectivity index (χ4n) is 3.19. The number of carbonyl (C=O) groups excluding carboxylic acids is 1. The lowest BCUT2D eigenvalue weighted by molar-refractivity contribution is -0.149. The molecule has 0 amide bonds. The molecule has 0 radical (unpaired) electrons. The summed E-state index contributed by atoms with van der Waals surface area (Å²) in [6.07, 6.45) is 0. The number of nitrogens with zero attached hydrogens (tertiary/aromatic N) is 2. The van der Waals surface area contributed by atoms with Crippen LogP contribution < -0.4 is 0 Å². The van der Waals surface area contributed by atoms with Crippen LogP contribution >= 0.6 is 11.6 Å². The molecule has 0 aromatic heterocycles. The minimum Gasteiger partial charge on any atom is -0.469 e. The van der Waals surface area contributed by atoms with Crippen molar-refractivity contribution in [2.24, 2.45) is 5.92 Å². The number of halogens is 1. The largest absolute Gasteiger partial charge is 0.469 e. The van der Waals surface area contributed by atoms with Gasteiger partial charge < -0.3 is 9.64 Å². The van der Waals surface area contributed by atoms with Gasteiger partial charge in [0.1, 0.15) is 0 Å². The number of rotatable bonds is 10. The summed E-state index contributed by atoms with van der Waals surface area (Å²) in [5.41, 5.74) is 1.10. The smallest absolute Gasteiger partial charge is 0.311 e. The predicted octanol–water partition coefficient (Wildman–Crippen LogP) is 3.85. The van der Waals surface area contributed by atoms with E-state index in [4.69, 9.17) is 16.3 Å². The van der Waals surface area contributed by atoms with Crippen LogP contribution in [0.3, 0.4) is 0 Å². The summed E-state index contributed by atoms with van der Waals surface area (Å²) in [4.78, 5) is 17.2. The summed E-state index contributed by atoms with van der Waals surface area (Å²) in [5.74, 6) is -0.398. The highest BCUT2D eigenvalue weighted by atomic mass is 35.5. The molecule has 0 aliphatic heterocycles. The van der Waals surface area contributed by atoms with Crippen LogP contribution in [-0.2, 0) is 9.53 Å². The number of benzene rings is 1. The molecular formula is C19H31ClN2O2. The molecule has 0 N–H and O–H groups in total. The van der Waals surface area contributed by atoms with Crippen LogP contribution in [0.5, 0.6) is 0 Å². The molecule has 1 aromatic rings. The minimum atomic E-state index is -0.240. The third-order valence-electron chi connectivity index (χ3n) is 4.65. The molecule has 2 atom stereocenters. The molecule has 0 aliphatic carbocycles. The lowest BCUT2D eigenvalue weighted by atomic mass is 9.90. The molecule has 0 fully saturated rings. The van der Waals surface area contributed by atoms with E-state index in [2.05, 4.69) is 37.5 Å². The highest BCUT2D eigenvalue weighted by Crippen LogP contribution is 2.31. The predicted molar refractivity (Wildman–Crippen MR) is 100 cm³/mol. The Morgan fingerprint density at radius 2 is 1.58 bits per heavy atom. The lowest BCUT2D eigenvalue weighted by Crippen LogP contribution is -2.43. The Kier molecular flexibility index (Phi) is 9.34. The van der Waals surface area contributed by atoms with Crippen LogP contribution in [0.15, 0.2) is 24.3 Å². The van der Waals surface area contributed by atoms with Gasteiger partial charge in [0, 0.05) is 17.6 Å². The Morgan fingerprint density at radius 1 is 1.04 bits per heavy atom. The summed E-state index contributed by atoms with van der Waals surface area (Å²) >= 11 is 6.05. The Labute approximate surface area is 151 Å². The van der Waals surface area contributed by atoms with Gasteiger partial charge in [-0.05, 0) is 43.9 Å². The van der Waals surface area contributed by atoms with E-state index in [9.17, 15) is 4.79 Å².